The maximum Gasteiger partial charge on any atom is 0.137 e. The third-order valence-electron chi connectivity index (χ3n) is 3.37. The van der Waals surface area contributed by atoms with Crippen LogP contribution in [0, 0.1) is 0 Å². The molecule has 2 aromatic rings. The van der Waals surface area contributed by atoms with E-state index in [4.69, 9.17) is 16.3 Å². The first-order chi connectivity index (χ1) is 9.33. The molecule has 1 atom stereocenters. The van der Waals surface area contributed by atoms with Crippen LogP contribution in [0.1, 0.15) is 17.4 Å². The van der Waals surface area contributed by atoms with Gasteiger partial charge in [-0.15, -0.1) is 0 Å². The molecule has 0 radical (unpaired) electrons. The first kappa shape index (κ1) is 12.7. The van der Waals surface area contributed by atoms with Gasteiger partial charge in [-0.3, -0.25) is 4.90 Å². The van der Waals surface area contributed by atoms with Gasteiger partial charge in [-0.05, 0) is 23.3 Å². The zero-order chi connectivity index (χ0) is 13.1. The van der Waals surface area contributed by atoms with Gasteiger partial charge >= 0.3 is 0 Å². The van der Waals surface area contributed by atoms with Crippen molar-refractivity contribution in [3.05, 3.63) is 70.7 Å². The van der Waals surface area contributed by atoms with Crippen LogP contribution >= 0.6 is 11.6 Å². The number of rotatable bonds is 3. The van der Waals surface area contributed by atoms with Crippen LogP contribution in [-0.4, -0.2) is 18.1 Å². The molecule has 98 valence electrons. The lowest BCUT2D eigenvalue weighted by Gasteiger charge is -2.23. The molecule has 1 saturated heterocycles. The van der Waals surface area contributed by atoms with Crippen LogP contribution in [0.15, 0.2) is 54.6 Å². The molecule has 3 heteroatoms. The van der Waals surface area contributed by atoms with E-state index in [1.165, 1.54) is 5.56 Å². The van der Waals surface area contributed by atoms with Crippen molar-refractivity contribution in [3.8, 4) is 0 Å². The van der Waals surface area contributed by atoms with E-state index in [1.807, 2.05) is 30.3 Å². The maximum absolute atomic E-state index is 5.93. The fourth-order valence-corrected chi connectivity index (χ4v) is 2.54. The lowest BCUT2D eigenvalue weighted by atomic mass is 10.1. The van der Waals surface area contributed by atoms with E-state index in [0.29, 0.717) is 0 Å². The Hall–Kier alpha value is -1.35. The highest BCUT2D eigenvalue weighted by Gasteiger charge is 2.26. The van der Waals surface area contributed by atoms with Gasteiger partial charge in [-0.25, -0.2) is 0 Å². The number of hydrogen-bond acceptors (Lipinski definition) is 2. The fraction of sp³-hybridized carbons (Fsp3) is 0.250. The standard InChI is InChI=1S/C16H16ClNO/c17-15-8-6-14(7-9-15)16-18(10-11-19-16)12-13-4-2-1-3-5-13/h1-9,16H,10-12H2. The molecule has 1 aliphatic heterocycles. The molecule has 1 heterocycles. The van der Waals surface area contributed by atoms with Gasteiger partial charge in [0.15, 0.2) is 0 Å². The van der Waals surface area contributed by atoms with Crippen molar-refractivity contribution in [1.29, 1.82) is 0 Å². The average molecular weight is 274 g/mol. The monoisotopic (exact) mass is 273 g/mol. The van der Waals surface area contributed by atoms with Gasteiger partial charge in [-0.1, -0.05) is 54.1 Å². The highest BCUT2D eigenvalue weighted by Crippen LogP contribution is 2.29. The van der Waals surface area contributed by atoms with E-state index in [9.17, 15) is 0 Å². The molecule has 1 unspecified atom stereocenters. The van der Waals surface area contributed by atoms with Crippen molar-refractivity contribution < 1.29 is 4.74 Å². The first-order valence-electron chi connectivity index (χ1n) is 6.48. The number of benzene rings is 2. The normalized spacial score (nSPS) is 19.7. The summed E-state index contributed by atoms with van der Waals surface area (Å²) < 4.78 is 5.85. The summed E-state index contributed by atoms with van der Waals surface area (Å²) in [6.45, 7) is 2.65. The second-order valence-electron chi connectivity index (χ2n) is 4.73. The van der Waals surface area contributed by atoms with Crippen molar-refractivity contribution in [2.24, 2.45) is 0 Å². The summed E-state index contributed by atoms with van der Waals surface area (Å²) in [5, 5.41) is 0.761. The maximum atomic E-state index is 5.93. The van der Waals surface area contributed by atoms with Gasteiger partial charge in [0.05, 0.1) is 6.61 Å². The largest absolute Gasteiger partial charge is 0.357 e. The molecule has 0 amide bonds. The van der Waals surface area contributed by atoms with Crippen molar-refractivity contribution in [3.63, 3.8) is 0 Å². The van der Waals surface area contributed by atoms with E-state index < -0.39 is 0 Å². The molecule has 0 aromatic heterocycles. The van der Waals surface area contributed by atoms with Gasteiger partial charge in [0.25, 0.3) is 0 Å². The molecule has 0 spiro atoms. The predicted octanol–water partition coefficient (Wildman–Crippen LogP) is 3.87. The van der Waals surface area contributed by atoms with Crippen LogP contribution in [0.3, 0.4) is 0 Å². The zero-order valence-electron chi connectivity index (χ0n) is 10.6. The highest BCUT2D eigenvalue weighted by atomic mass is 35.5. The number of nitrogens with zero attached hydrogens (tertiary/aromatic N) is 1. The molecule has 0 N–H and O–H groups in total. The van der Waals surface area contributed by atoms with E-state index in [1.54, 1.807) is 0 Å². The Morgan fingerprint density at radius 2 is 1.79 bits per heavy atom. The van der Waals surface area contributed by atoms with Crippen LogP contribution in [0.4, 0.5) is 0 Å². The fourth-order valence-electron chi connectivity index (χ4n) is 2.42. The third kappa shape index (κ3) is 2.98. The third-order valence-corrected chi connectivity index (χ3v) is 3.62. The topological polar surface area (TPSA) is 12.5 Å². The Balaban J connectivity index is 1.76. The molecule has 0 bridgehead atoms. The molecule has 2 nitrogen and oxygen atoms in total. The smallest absolute Gasteiger partial charge is 0.137 e. The quantitative estimate of drug-likeness (QED) is 0.842. The van der Waals surface area contributed by atoms with Gasteiger partial charge < -0.3 is 4.74 Å². The van der Waals surface area contributed by atoms with E-state index in [-0.39, 0.29) is 6.23 Å². The van der Waals surface area contributed by atoms with Crippen LogP contribution < -0.4 is 0 Å². The van der Waals surface area contributed by atoms with Crippen LogP contribution in [0.2, 0.25) is 5.02 Å². The Morgan fingerprint density at radius 3 is 2.53 bits per heavy atom. The van der Waals surface area contributed by atoms with Gasteiger partial charge in [-0.2, -0.15) is 0 Å². The Morgan fingerprint density at radius 1 is 1.05 bits per heavy atom. The molecule has 3 rings (SSSR count). The van der Waals surface area contributed by atoms with E-state index in [0.717, 1.165) is 30.3 Å². The minimum atomic E-state index is 0.0393. The van der Waals surface area contributed by atoms with Crippen molar-refractivity contribution in [2.75, 3.05) is 13.2 Å². The molecule has 19 heavy (non-hydrogen) atoms. The molecule has 1 aliphatic rings. The van der Waals surface area contributed by atoms with E-state index >= 15 is 0 Å². The first-order valence-corrected chi connectivity index (χ1v) is 6.86. The summed E-state index contributed by atoms with van der Waals surface area (Å²) in [7, 11) is 0. The summed E-state index contributed by atoms with van der Waals surface area (Å²) in [6, 6.07) is 18.4. The lowest BCUT2D eigenvalue weighted by molar-refractivity contribution is 0.0288. The molecule has 1 fully saturated rings. The van der Waals surface area contributed by atoms with Crippen LogP contribution in [0.5, 0.6) is 0 Å². The predicted molar refractivity (Wildman–Crippen MR) is 77.0 cm³/mol. The average Bonchev–Trinajstić information content (AvgIpc) is 2.89. The Labute approximate surface area is 118 Å². The van der Waals surface area contributed by atoms with Gasteiger partial charge in [0.2, 0.25) is 0 Å². The second kappa shape index (κ2) is 5.74. The lowest BCUT2D eigenvalue weighted by Crippen LogP contribution is -2.23. The van der Waals surface area contributed by atoms with Gasteiger partial charge in [0.1, 0.15) is 6.23 Å². The zero-order valence-corrected chi connectivity index (χ0v) is 11.4. The molecule has 0 aliphatic carbocycles. The van der Waals surface area contributed by atoms with Crippen molar-refractivity contribution in [2.45, 2.75) is 12.8 Å². The summed E-state index contributed by atoms with van der Waals surface area (Å²) in [4.78, 5) is 2.35. The number of halogens is 1. The summed E-state index contributed by atoms with van der Waals surface area (Å²) in [6.07, 6.45) is 0.0393. The summed E-state index contributed by atoms with van der Waals surface area (Å²) in [5.74, 6) is 0. The highest BCUT2D eigenvalue weighted by molar-refractivity contribution is 6.30. The van der Waals surface area contributed by atoms with Crippen LogP contribution in [-0.2, 0) is 11.3 Å². The molecular weight excluding hydrogens is 258 g/mol. The minimum absolute atomic E-state index is 0.0393. The number of hydrogen-bond donors (Lipinski definition) is 0. The van der Waals surface area contributed by atoms with Crippen molar-refractivity contribution in [1.82, 2.24) is 4.90 Å². The van der Waals surface area contributed by atoms with E-state index in [2.05, 4.69) is 29.2 Å². The minimum Gasteiger partial charge on any atom is -0.357 e. The Kier molecular flexibility index (Phi) is 3.83. The van der Waals surface area contributed by atoms with Gasteiger partial charge in [0, 0.05) is 18.1 Å². The summed E-state index contributed by atoms with van der Waals surface area (Å²) >= 11 is 5.93. The molecular formula is C16H16ClNO. The number of ether oxygens (including phenoxy) is 1. The SMILES string of the molecule is Clc1ccc(C2OCCN2Cc2ccccc2)cc1. The molecule has 0 saturated carbocycles. The second-order valence-corrected chi connectivity index (χ2v) is 5.17. The Bertz CT molecular complexity index is 526. The summed E-state index contributed by atoms with van der Waals surface area (Å²) in [5.41, 5.74) is 2.48. The van der Waals surface area contributed by atoms with Crippen molar-refractivity contribution >= 4 is 11.6 Å². The molecule has 2 aromatic carbocycles. The van der Waals surface area contributed by atoms with Crippen LogP contribution in [0.25, 0.3) is 0 Å².